The Hall–Kier alpha value is -2.10. The molecule has 4 aliphatic carbocycles. The number of allylic oxidation sites excluding steroid dienone is 2. The Morgan fingerprint density at radius 2 is 1.61 bits per heavy atom. The number of benzene rings is 1. The number of aryl methyl sites for hydroxylation is 2. The molecule has 1 aromatic rings. The second kappa shape index (κ2) is 4.95. The number of rotatable bonds is 3. The Morgan fingerprint density at radius 1 is 1.04 bits per heavy atom. The van der Waals surface area contributed by atoms with E-state index in [4.69, 9.17) is 0 Å². The summed E-state index contributed by atoms with van der Waals surface area (Å²) in [5.74, 6) is -0.921. The second-order valence-electron chi connectivity index (χ2n) is 7.25. The van der Waals surface area contributed by atoms with Crippen LogP contribution < -0.4 is 5.32 Å². The van der Waals surface area contributed by atoms with E-state index in [9.17, 15) is 14.7 Å². The molecule has 2 bridgehead atoms. The minimum atomic E-state index is -0.837. The molecule has 23 heavy (non-hydrogen) atoms. The number of hydrogen-bond acceptors (Lipinski definition) is 2. The van der Waals surface area contributed by atoms with Gasteiger partial charge in [-0.15, -0.1) is 0 Å². The summed E-state index contributed by atoms with van der Waals surface area (Å²) in [7, 11) is 0. The first-order chi connectivity index (χ1) is 11.0. The van der Waals surface area contributed by atoms with E-state index >= 15 is 0 Å². The summed E-state index contributed by atoms with van der Waals surface area (Å²) in [6.07, 6.45) is 5.20. The highest BCUT2D eigenvalue weighted by molar-refractivity contribution is 5.97. The standard InChI is InChI=1S/C19H21NO3/c1-9-4-3-5-10(2)17(9)20-18(21)15-11-6-7-12(14-8-13(11)14)16(15)19(22)23/h3-7,11-16H,8H2,1-2H3,(H,20,21)(H,22,23). The van der Waals surface area contributed by atoms with E-state index in [1.54, 1.807) is 0 Å². The number of para-hydroxylation sites is 1. The summed E-state index contributed by atoms with van der Waals surface area (Å²) in [5, 5.41) is 12.7. The molecule has 5 rings (SSSR count). The van der Waals surface area contributed by atoms with Gasteiger partial charge in [-0.25, -0.2) is 0 Å². The third-order valence-electron chi connectivity index (χ3n) is 5.97. The number of aliphatic carboxylic acids is 1. The van der Waals surface area contributed by atoms with Gasteiger partial charge in [0.2, 0.25) is 5.91 Å². The maximum atomic E-state index is 12.9. The van der Waals surface area contributed by atoms with Crippen molar-refractivity contribution < 1.29 is 14.7 Å². The molecule has 4 nitrogen and oxygen atoms in total. The van der Waals surface area contributed by atoms with E-state index < -0.39 is 17.8 Å². The fraction of sp³-hybridized carbons (Fsp3) is 0.474. The zero-order valence-corrected chi connectivity index (χ0v) is 13.3. The summed E-state index contributed by atoms with van der Waals surface area (Å²) in [5.41, 5.74) is 2.83. The monoisotopic (exact) mass is 311 g/mol. The van der Waals surface area contributed by atoms with Crippen molar-refractivity contribution in [1.29, 1.82) is 0 Å². The fourth-order valence-electron chi connectivity index (χ4n) is 4.79. The van der Waals surface area contributed by atoms with Gasteiger partial charge in [-0.2, -0.15) is 0 Å². The smallest absolute Gasteiger partial charge is 0.307 e. The molecular weight excluding hydrogens is 290 g/mol. The van der Waals surface area contributed by atoms with Crippen LogP contribution in [0.25, 0.3) is 0 Å². The van der Waals surface area contributed by atoms with Crippen LogP contribution in [0.5, 0.6) is 0 Å². The lowest BCUT2D eigenvalue weighted by Crippen LogP contribution is -2.48. The summed E-state index contributed by atoms with van der Waals surface area (Å²) in [6, 6.07) is 5.88. The lowest BCUT2D eigenvalue weighted by atomic mass is 9.62. The normalized spacial score (nSPS) is 36.4. The minimum Gasteiger partial charge on any atom is -0.481 e. The first-order valence-corrected chi connectivity index (χ1v) is 8.27. The lowest BCUT2D eigenvalue weighted by Gasteiger charge is -2.41. The zero-order valence-electron chi connectivity index (χ0n) is 13.3. The van der Waals surface area contributed by atoms with E-state index in [0.717, 1.165) is 23.2 Å². The van der Waals surface area contributed by atoms with Crippen molar-refractivity contribution in [3.05, 3.63) is 41.5 Å². The van der Waals surface area contributed by atoms with Crippen LogP contribution in [0.3, 0.4) is 0 Å². The summed E-state index contributed by atoms with van der Waals surface area (Å²) in [6.45, 7) is 3.92. The van der Waals surface area contributed by atoms with Crippen LogP contribution in [-0.4, -0.2) is 17.0 Å². The molecule has 1 amide bonds. The molecule has 0 saturated heterocycles. The number of nitrogens with one attached hydrogen (secondary N) is 1. The molecule has 120 valence electrons. The van der Waals surface area contributed by atoms with Gasteiger partial charge in [0.25, 0.3) is 0 Å². The first kappa shape index (κ1) is 14.5. The molecule has 4 heteroatoms. The highest BCUT2D eigenvalue weighted by Crippen LogP contribution is 2.63. The van der Waals surface area contributed by atoms with Crippen molar-refractivity contribution >= 4 is 17.6 Å². The van der Waals surface area contributed by atoms with Crippen LogP contribution >= 0.6 is 0 Å². The third-order valence-corrected chi connectivity index (χ3v) is 5.97. The number of fused-ring (bicyclic) bond motifs is 1. The summed E-state index contributed by atoms with van der Waals surface area (Å²) < 4.78 is 0. The number of carboxylic acids is 1. The SMILES string of the molecule is Cc1cccc(C)c1NC(=O)C1C2C=CC(C3CC23)C1C(=O)O. The number of amides is 1. The Kier molecular flexibility index (Phi) is 3.12. The molecule has 6 atom stereocenters. The van der Waals surface area contributed by atoms with Gasteiger partial charge in [-0.3, -0.25) is 9.59 Å². The molecule has 6 unspecified atom stereocenters. The minimum absolute atomic E-state index is 0.0243. The van der Waals surface area contributed by atoms with Crippen LogP contribution in [0.1, 0.15) is 17.5 Å². The quantitative estimate of drug-likeness (QED) is 0.843. The Morgan fingerprint density at radius 3 is 2.17 bits per heavy atom. The van der Waals surface area contributed by atoms with Crippen molar-refractivity contribution in [3.8, 4) is 0 Å². The average molecular weight is 311 g/mol. The number of hydrogen-bond donors (Lipinski definition) is 2. The van der Waals surface area contributed by atoms with Gasteiger partial charge < -0.3 is 10.4 Å². The van der Waals surface area contributed by atoms with E-state index in [1.165, 1.54) is 0 Å². The molecule has 0 aliphatic heterocycles. The van der Waals surface area contributed by atoms with E-state index in [1.807, 2.05) is 38.1 Å². The average Bonchev–Trinajstić information content (AvgIpc) is 3.32. The van der Waals surface area contributed by atoms with Gasteiger partial charge >= 0.3 is 5.97 Å². The highest BCUT2D eigenvalue weighted by Gasteiger charge is 2.62. The van der Waals surface area contributed by atoms with Gasteiger partial charge in [0.05, 0.1) is 11.8 Å². The molecule has 0 spiro atoms. The van der Waals surface area contributed by atoms with Crippen LogP contribution in [0.15, 0.2) is 30.4 Å². The Labute approximate surface area is 135 Å². The van der Waals surface area contributed by atoms with E-state index in [2.05, 4.69) is 11.4 Å². The molecule has 0 radical (unpaired) electrons. The molecule has 2 N–H and O–H groups in total. The first-order valence-electron chi connectivity index (χ1n) is 8.27. The molecule has 2 saturated carbocycles. The second-order valence-corrected chi connectivity index (χ2v) is 7.25. The van der Waals surface area contributed by atoms with Crippen LogP contribution in [0.4, 0.5) is 5.69 Å². The highest BCUT2D eigenvalue weighted by atomic mass is 16.4. The Balaban J connectivity index is 1.65. The van der Waals surface area contributed by atoms with Crippen molar-refractivity contribution in [3.63, 3.8) is 0 Å². The predicted molar refractivity (Wildman–Crippen MR) is 86.9 cm³/mol. The van der Waals surface area contributed by atoms with Crippen molar-refractivity contribution in [2.75, 3.05) is 5.32 Å². The van der Waals surface area contributed by atoms with E-state index in [-0.39, 0.29) is 17.7 Å². The largest absolute Gasteiger partial charge is 0.481 e. The van der Waals surface area contributed by atoms with Gasteiger partial charge in [0.15, 0.2) is 0 Å². The predicted octanol–water partition coefficient (Wildman–Crippen LogP) is 3.01. The van der Waals surface area contributed by atoms with Crippen LogP contribution in [0, 0.1) is 49.4 Å². The Bertz CT molecular complexity index is 703. The third kappa shape index (κ3) is 2.12. The molecule has 0 heterocycles. The maximum Gasteiger partial charge on any atom is 0.307 e. The topological polar surface area (TPSA) is 66.4 Å². The van der Waals surface area contributed by atoms with E-state index in [0.29, 0.717) is 11.8 Å². The zero-order chi connectivity index (χ0) is 16.3. The summed E-state index contributed by atoms with van der Waals surface area (Å²) >= 11 is 0. The molecular formula is C19H21NO3. The summed E-state index contributed by atoms with van der Waals surface area (Å²) in [4.78, 5) is 24.7. The molecule has 0 aromatic heterocycles. The molecule has 4 aliphatic rings. The van der Waals surface area contributed by atoms with Crippen molar-refractivity contribution in [2.45, 2.75) is 20.3 Å². The van der Waals surface area contributed by atoms with Gasteiger partial charge in [0.1, 0.15) is 0 Å². The van der Waals surface area contributed by atoms with Gasteiger partial charge in [-0.05, 0) is 55.1 Å². The van der Waals surface area contributed by atoms with Crippen molar-refractivity contribution in [1.82, 2.24) is 0 Å². The maximum absolute atomic E-state index is 12.9. The fourth-order valence-corrected chi connectivity index (χ4v) is 4.79. The lowest BCUT2D eigenvalue weighted by molar-refractivity contribution is -0.152. The number of anilines is 1. The van der Waals surface area contributed by atoms with Crippen LogP contribution in [-0.2, 0) is 9.59 Å². The van der Waals surface area contributed by atoms with Crippen LogP contribution in [0.2, 0.25) is 0 Å². The molecule has 1 aromatic carbocycles. The number of carbonyl (C=O) groups is 2. The van der Waals surface area contributed by atoms with Crippen molar-refractivity contribution in [2.24, 2.45) is 35.5 Å². The molecule has 2 fully saturated rings. The number of carboxylic acid groups (broad SMARTS) is 1. The van der Waals surface area contributed by atoms with Gasteiger partial charge in [0, 0.05) is 5.69 Å². The van der Waals surface area contributed by atoms with Gasteiger partial charge in [-0.1, -0.05) is 30.4 Å². The number of carbonyl (C=O) groups excluding carboxylic acids is 1.